The highest BCUT2D eigenvalue weighted by Crippen LogP contribution is 2.22. The predicted molar refractivity (Wildman–Crippen MR) is 118 cm³/mol. The van der Waals surface area contributed by atoms with Crippen molar-refractivity contribution in [3.05, 3.63) is 58.4 Å². The summed E-state index contributed by atoms with van der Waals surface area (Å²) in [5.74, 6) is 0.655. The number of benzene rings is 2. The van der Waals surface area contributed by atoms with E-state index in [1.54, 1.807) is 23.1 Å². The first-order valence-corrected chi connectivity index (χ1v) is 11.3. The molecule has 0 N–H and O–H groups in total. The van der Waals surface area contributed by atoms with Gasteiger partial charge in [0.1, 0.15) is 0 Å². The van der Waals surface area contributed by atoms with Gasteiger partial charge in [0.05, 0.1) is 16.8 Å². The van der Waals surface area contributed by atoms with Gasteiger partial charge in [-0.05, 0) is 56.2 Å². The van der Waals surface area contributed by atoms with Gasteiger partial charge >= 0.3 is 0 Å². The van der Waals surface area contributed by atoms with Crippen LogP contribution in [0.3, 0.4) is 0 Å². The molecule has 28 heavy (non-hydrogen) atoms. The Balaban J connectivity index is 1.80. The van der Waals surface area contributed by atoms with Crippen molar-refractivity contribution >= 4 is 39.2 Å². The third-order valence-corrected chi connectivity index (χ3v) is 6.56. The van der Waals surface area contributed by atoms with Gasteiger partial charge in [0.2, 0.25) is 5.91 Å². The quantitative estimate of drug-likeness (QED) is 0.386. The van der Waals surface area contributed by atoms with Crippen LogP contribution in [-0.2, 0) is 16.1 Å². The SMILES string of the molecule is CCOCCn1c(=NC(=O)CCSc2ccccc2)sc2cc(C)c(C)cc21. The Kier molecular flexibility index (Phi) is 7.48. The average molecular weight is 415 g/mol. The molecule has 0 spiro atoms. The maximum atomic E-state index is 12.5. The summed E-state index contributed by atoms with van der Waals surface area (Å²) < 4.78 is 8.81. The van der Waals surface area contributed by atoms with Crippen LogP contribution in [-0.4, -0.2) is 29.4 Å². The Morgan fingerprint density at radius 3 is 2.68 bits per heavy atom. The Hall–Kier alpha value is -1.89. The number of hydrogen-bond acceptors (Lipinski definition) is 4. The normalized spacial score (nSPS) is 12.0. The number of carbonyl (C=O) groups is 1. The first-order chi connectivity index (χ1) is 13.6. The van der Waals surface area contributed by atoms with Gasteiger partial charge < -0.3 is 9.30 Å². The third kappa shape index (κ3) is 5.34. The molecule has 0 unspecified atom stereocenters. The van der Waals surface area contributed by atoms with E-state index >= 15 is 0 Å². The van der Waals surface area contributed by atoms with Gasteiger partial charge in [-0.3, -0.25) is 4.79 Å². The standard InChI is InChI=1S/C22H26N2O2S2/c1-4-26-12-11-24-19-14-16(2)17(3)15-20(19)28-22(24)23-21(25)10-13-27-18-8-6-5-7-9-18/h5-9,14-15H,4,10-13H2,1-3H3. The second kappa shape index (κ2) is 10.0. The van der Waals surface area contributed by atoms with Crippen molar-refractivity contribution in [2.75, 3.05) is 19.0 Å². The van der Waals surface area contributed by atoms with Crippen molar-refractivity contribution in [2.45, 2.75) is 38.6 Å². The number of thioether (sulfide) groups is 1. The molecular weight excluding hydrogens is 388 g/mol. The van der Waals surface area contributed by atoms with E-state index in [0.29, 0.717) is 26.2 Å². The number of thiazole rings is 1. The molecular formula is C22H26N2O2S2. The largest absolute Gasteiger partial charge is 0.380 e. The first-order valence-electron chi connectivity index (χ1n) is 9.52. The number of carbonyl (C=O) groups excluding carboxylic acids is 1. The summed E-state index contributed by atoms with van der Waals surface area (Å²) in [6.07, 6.45) is 0.428. The van der Waals surface area contributed by atoms with Crippen LogP contribution in [0, 0.1) is 13.8 Å². The molecule has 6 heteroatoms. The molecule has 3 rings (SSSR count). The molecule has 0 aliphatic rings. The number of aromatic nitrogens is 1. The number of ether oxygens (including phenoxy) is 1. The van der Waals surface area contributed by atoms with Crippen LogP contribution in [0.25, 0.3) is 10.2 Å². The van der Waals surface area contributed by atoms with Gasteiger partial charge in [0.15, 0.2) is 4.80 Å². The molecule has 1 aromatic heterocycles. The fourth-order valence-electron chi connectivity index (χ4n) is 2.86. The van der Waals surface area contributed by atoms with Crippen molar-refractivity contribution in [1.29, 1.82) is 0 Å². The molecule has 3 aromatic rings. The minimum absolute atomic E-state index is 0.0754. The van der Waals surface area contributed by atoms with E-state index in [0.717, 1.165) is 20.8 Å². The summed E-state index contributed by atoms with van der Waals surface area (Å²) in [4.78, 5) is 18.9. The minimum atomic E-state index is -0.0754. The Bertz CT molecular complexity index is 1010. The number of amides is 1. The lowest BCUT2D eigenvalue weighted by Gasteiger charge is -2.07. The fourth-order valence-corrected chi connectivity index (χ4v) is 4.87. The molecule has 0 bridgehead atoms. The molecule has 1 amide bonds. The molecule has 0 fully saturated rings. The van der Waals surface area contributed by atoms with E-state index in [1.165, 1.54) is 16.0 Å². The summed E-state index contributed by atoms with van der Waals surface area (Å²) >= 11 is 3.26. The van der Waals surface area contributed by atoms with Gasteiger partial charge in [-0.1, -0.05) is 29.5 Å². The topological polar surface area (TPSA) is 43.6 Å². The monoisotopic (exact) mass is 414 g/mol. The zero-order valence-corrected chi connectivity index (χ0v) is 18.2. The molecule has 0 atom stereocenters. The minimum Gasteiger partial charge on any atom is -0.380 e. The van der Waals surface area contributed by atoms with Crippen molar-refractivity contribution in [2.24, 2.45) is 4.99 Å². The molecule has 0 aliphatic carbocycles. The highest BCUT2D eigenvalue weighted by Gasteiger charge is 2.10. The smallest absolute Gasteiger partial charge is 0.249 e. The van der Waals surface area contributed by atoms with Crippen LogP contribution in [0.2, 0.25) is 0 Å². The molecule has 0 saturated carbocycles. The van der Waals surface area contributed by atoms with E-state index in [4.69, 9.17) is 4.74 Å². The highest BCUT2D eigenvalue weighted by molar-refractivity contribution is 7.99. The molecule has 2 aromatic carbocycles. The van der Waals surface area contributed by atoms with Crippen molar-refractivity contribution < 1.29 is 9.53 Å². The fraction of sp³-hybridized carbons (Fsp3) is 0.364. The third-order valence-electron chi connectivity index (χ3n) is 4.51. The van der Waals surface area contributed by atoms with E-state index in [-0.39, 0.29) is 5.91 Å². The van der Waals surface area contributed by atoms with Crippen molar-refractivity contribution in [3.63, 3.8) is 0 Å². The van der Waals surface area contributed by atoms with Crippen LogP contribution < -0.4 is 4.80 Å². The maximum absolute atomic E-state index is 12.5. The van der Waals surface area contributed by atoms with Gasteiger partial charge in [-0.15, -0.1) is 11.8 Å². The second-order valence-corrected chi connectivity index (χ2v) is 8.73. The van der Waals surface area contributed by atoms with Gasteiger partial charge in [-0.25, -0.2) is 0 Å². The van der Waals surface area contributed by atoms with Crippen LogP contribution >= 0.6 is 23.1 Å². The van der Waals surface area contributed by atoms with Gasteiger partial charge in [-0.2, -0.15) is 4.99 Å². The lowest BCUT2D eigenvalue weighted by Crippen LogP contribution is -2.19. The predicted octanol–water partition coefficient (Wildman–Crippen LogP) is 4.97. The van der Waals surface area contributed by atoms with E-state index in [9.17, 15) is 4.79 Å². The number of aryl methyl sites for hydroxylation is 2. The molecule has 0 aliphatic heterocycles. The van der Waals surface area contributed by atoms with Gasteiger partial charge in [0.25, 0.3) is 0 Å². The Morgan fingerprint density at radius 1 is 1.18 bits per heavy atom. The summed E-state index contributed by atoms with van der Waals surface area (Å²) in [6.45, 7) is 8.21. The Morgan fingerprint density at radius 2 is 1.93 bits per heavy atom. The Labute approximate surface area is 174 Å². The van der Waals surface area contributed by atoms with Gasteiger partial charge in [0, 0.05) is 30.2 Å². The summed E-state index contributed by atoms with van der Waals surface area (Å²) in [6, 6.07) is 14.5. The number of hydrogen-bond donors (Lipinski definition) is 0. The van der Waals surface area contributed by atoms with Crippen molar-refractivity contribution in [1.82, 2.24) is 4.57 Å². The molecule has 148 valence electrons. The lowest BCUT2D eigenvalue weighted by atomic mass is 10.1. The maximum Gasteiger partial charge on any atom is 0.249 e. The van der Waals surface area contributed by atoms with Crippen LogP contribution in [0.4, 0.5) is 0 Å². The number of nitrogens with zero attached hydrogens (tertiary/aromatic N) is 2. The van der Waals surface area contributed by atoms with Crippen LogP contribution in [0.5, 0.6) is 0 Å². The lowest BCUT2D eigenvalue weighted by molar-refractivity contribution is -0.117. The van der Waals surface area contributed by atoms with E-state index in [2.05, 4.69) is 47.7 Å². The van der Waals surface area contributed by atoms with Crippen molar-refractivity contribution in [3.8, 4) is 0 Å². The number of rotatable bonds is 8. The summed E-state index contributed by atoms with van der Waals surface area (Å²) in [5.41, 5.74) is 3.62. The zero-order chi connectivity index (χ0) is 19.9. The second-order valence-electron chi connectivity index (χ2n) is 6.55. The molecule has 4 nitrogen and oxygen atoms in total. The summed E-state index contributed by atoms with van der Waals surface area (Å²) in [7, 11) is 0. The summed E-state index contributed by atoms with van der Waals surface area (Å²) in [5, 5.41) is 0. The zero-order valence-electron chi connectivity index (χ0n) is 16.6. The van der Waals surface area contributed by atoms with E-state index in [1.807, 2.05) is 25.1 Å². The first kappa shape index (κ1) is 20.8. The number of fused-ring (bicyclic) bond motifs is 1. The van der Waals surface area contributed by atoms with Crippen LogP contribution in [0.15, 0.2) is 52.4 Å². The highest BCUT2D eigenvalue weighted by atomic mass is 32.2. The molecule has 0 radical (unpaired) electrons. The van der Waals surface area contributed by atoms with E-state index < -0.39 is 0 Å². The molecule has 1 heterocycles. The average Bonchev–Trinajstić information content (AvgIpc) is 2.99. The van der Waals surface area contributed by atoms with Crippen LogP contribution in [0.1, 0.15) is 24.5 Å². The molecule has 0 saturated heterocycles.